The average Bonchev–Trinajstić information content (AvgIpc) is 3.15. The highest BCUT2D eigenvalue weighted by molar-refractivity contribution is 6.32. The van der Waals surface area contributed by atoms with Gasteiger partial charge in [-0.3, -0.25) is 0 Å². The highest BCUT2D eigenvalue weighted by Gasteiger charge is 2.16. The van der Waals surface area contributed by atoms with Gasteiger partial charge >= 0.3 is 0 Å². The molecule has 0 bridgehead atoms. The van der Waals surface area contributed by atoms with E-state index in [4.69, 9.17) is 37.4 Å². The first-order valence-electron chi connectivity index (χ1n) is 8.72. The highest BCUT2D eigenvalue weighted by atomic mass is 35.5. The van der Waals surface area contributed by atoms with E-state index in [1.807, 2.05) is 36.4 Å². The van der Waals surface area contributed by atoms with Crippen molar-refractivity contribution >= 4 is 23.2 Å². The third-order valence-corrected chi connectivity index (χ3v) is 4.99. The van der Waals surface area contributed by atoms with Gasteiger partial charge in [0.1, 0.15) is 6.61 Å². The van der Waals surface area contributed by atoms with Crippen LogP contribution in [0.2, 0.25) is 10.0 Å². The van der Waals surface area contributed by atoms with Crippen molar-refractivity contribution in [1.82, 2.24) is 5.32 Å². The largest absolute Gasteiger partial charge is 0.493 e. The number of halogens is 2. The van der Waals surface area contributed by atoms with Crippen LogP contribution in [0.15, 0.2) is 36.4 Å². The first kappa shape index (κ1) is 19.3. The van der Waals surface area contributed by atoms with E-state index in [1.54, 1.807) is 7.11 Å². The van der Waals surface area contributed by atoms with Crippen LogP contribution in [0.25, 0.3) is 0 Å². The number of hydrogen-bond donors (Lipinski definition) is 1. The maximum Gasteiger partial charge on any atom is 0.180 e. The van der Waals surface area contributed by atoms with Gasteiger partial charge in [-0.05, 0) is 36.6 Å². The van der Waals surface area contributed by atoms with E-state index < -0.39 is 0 Å². The molecule has 2 aromatic carbocycles. The summed E-state index contributed by atoms with van der Waals surface area (Å²) in [6, 6.07) is 11.4. The van der Waals surface area contributed by atoms with Gasteiger partial charge in [-0.1, -0.05) is 41.4 Å². The Morgan fingerprint density at radius 1 is 1.19 bits per heavy atom. The van der Waals surface area contributed by atoms with Crippen molar-refractivity contribution < 1.29 is 14.2 Å². The third-order valence-electron chi connectivity index (χ3n) is 4.34. The first-order valence-corrected chi connectivity index (χ1v) is 9.48. The molecule has 2 aromatic rings. The zero-order chi connectivity index (χ0) is 18.4. The molecule has 1 heterocycles. The Balaban J connectivity index is 1.63. The third kappa shape index (κ3) is 5.04. The predicted octanol–water partition coefficient (Wildman–Crippen LogP) is 4.85. The molecule has 0 saturated carbocycles. The van der Waals surface area contributed by atoms with Gasteiger partial charge in [-0.15, -0.1) is 0 Å². The molecule has 0 unspecified atom stereocenters. The highest BCUT2D eigenvalue weighted by Crippen LogP contribution is 2.37. The fraction of sp³-hybridized carbons (Fsp3) is 0.400. The van der Waals surface area contributed by atoms with Gasteiger partial charge in [-0.25, -0.2) is 0 Å². The Labute approximate surface area is 164 Å². The van der Waals surface area contributed by atoms with Gasteiger partial charge in [-0.2, -0.15) is 0 Å². The zero-order valence-corrected chi connectivity index (χ0v) is 16.3. The minimum Gasteiger partial charge on any atom is -0.493 e. The minimum absolute atomic E-state index is 0.311. The lowest BCUT2D eigenvalue weighted by Crippen LogP contribution is -2.25. The number of benzene rings is 2. The van der Waals surface area contributed by atoms with Gasteiger partial charge in [0.05, 0.1) is 18.2 Å². The second kappa shape index (κ2) is 9.47. The second-order valence-corrected chi connectivity index (χ2v) is 7.07. The number of hydrogen-bond acceptors (Lipinski definition) is 4. The van der Waals surface area contributed by atoms with E-state index >= 15 is 0 Å². The van der Waals surface area contributed by atoms with E-state index in [1.165, 1.54) is 0 Å². The molecule has 4 nitrogen and oxygen atoms in total. The number of rotatable bonds is 8. The zero-order valence-electron chi connectivity index (χ0n) is 14.8. The van der Waals surface area contributed by atoms with E-state index in [0.29, 0.717) is 40.8 Å². The Kier molecular flexibility index (Phi) is 7.03. The molecule has 1 aliphatic heterocycles. The molecular weight excluding hydrogens is 373 g/mol. The van der Waals surface area contributed by atoms with Crippen molar-refractivity contribution in [2.45, 2.75) is 32.1 Å². The van der Waals surface area contributed by atoms with Crippen LogP contribution in [0.4, 0.5) is 0 Å². The Bertz CT molecular complexity index is 733. The molecule has 0 spiro atoms. The van der Waals surface area contributed by atoms with Crippen LogP contribution in [0, 0.1) is 0 Å². The molecule has 0 aliphatic carbocycles. The number of nitrogens with one attached hydrogen (secondary N) is 1. The van der Waals surface area contributed by atoms with Crippen molar-refractivity contribution in [1.29, 1.82) is 0 Å². The molecule has 0 amide bonds. The van der Waals surface area contributed by atoms with E-state index in [2.05, 4.69) is 5.32 Å². The van der Waals surface area contributed by atoms with Crippen LogP contribution >= 0.6 is 23.2 Å². The van der Waals surface area contributed by atoms with E-state index in [-0.39, 0.29) is 0 Å². The lowest BCUT2D eigenvalue weighted by Gasteiger charge is -2.16. The summed E-state index contributed by atoms with van der Waals surface area (Å²) in [6.07, 6.45) is 2.57. The lowest BCUT2D eigenvalue weighted by atomic mass is 10.2. The average molecular weight is 396 g/mol. The monoisotopic (exact) mass is 395 g/mol. The lowest BCUT2D eigenvalue weighted by molar-refractivity contribution is 0.110. The molecular formula is C20H23Cl2NO3. The Hall–Kier alpha value is -1.46. The van der Waals surface area contributed by atoms with Crippen molar-refractivity contribution in [3.8, 4) is 11.5 Å². The van der Waals surface area contributed by atoms with Crippen molar-refractivity contribution in [2.75, 3.05) is 20.3 Å². The topological polar surface area (TPSA) is 39.7 Å². The van der Waals surface area contributed by atoms with Crippen LogP contribution in [-0.2, 0) is 17.9 Å². The van der Waals surface area contributed by atoms with Gasteiger partial charge in [0.15, 0.2) is 11.5 Å². The van der Waals surface area contributed by atoms with E-state index in [0.717, 1.165) is 37.1 Å². The second-order valence-electron chi connectivity index (χ2n) is 6.26. The molecule has 1 aliphatic rings. The fourth-order valence-corrected chi connectivity index (χ4v) is 3.44. The van der Waals surface area contributed by atoms with Crippen LogP contribution in [-0.4, -0.2) is 26.4 Å². The molecule has 140 valence electrons. The smallest absolute Gasteiger partial charge is 0.180 e. The maximum absolute atomic E-state index is 6.43. The predicted molar refractivity (Wildman–Crippen MR) is 104 cm³/mol. The molecule has 0 radical (unpaired) electrons. The standard InChI is InChI=1S/C20H23Cl2NO3/c1-24-19-10-14(11-23-12-16-6-4-8-25-16)9-18(22)20(19)26-13-15-5-2-3-7-17(15)21/h2-3,5,7,9-10,16,23H,4,6,8,11-13H2,1H3/t16-/m1/s1. The summed E-state index contributed by atoms with van der Waals surface area (Å²) in [6.45, 7) is 2.72. The molecule has 1 atom stereocenters. The molecule has 1 saturated heterocycles. The van der Waals surface area contributed by atoms with Crippen molar-refractivity contribution in [3.63, 3.8) is 0 Å². The van der Waals surface area contributed by atoms with E-state index in [9.17, 15) is 0 Å². The summed E-state index contributed by atoms with van der Waals surface area (Å²) in [7, 11) is 1.61. The molecule has 1 N–H and O–H groups in total. The first-order chi connectivity index (χ1) is 12.7. The fourth-order valence-electron chi connectivity index (χ4n) is 2.96. The summed E-state index contributed by atoms with van der Waals surface area (Å²) >= 11 is 12.6. The van der Waals surface area contributed by atoms with Gasteiger partial charge in [0.2, 0.25) is 0 Å². The number of methoxy groups -OCH3 is 1. The van der Waals surface area contributed by atoms with Gasteiger partial charge in [0, 0.05) is 30.3 Å². The Morgan fingerprint density at radius 3 is 2.77 bits per heavy atom. The summed E-state index contributed by atoms with van der Waals surface area (Å²) < 4.78 is 17.0. The summed E-state index contributed by atoms with van der Waals surface area (Å²) in [4.78, 5) is 0. The van der Waals surface area contributed by atoms with Crippen LogP contribution in [0.3, 0.4) is 0 Å². The summed E-state index contributed by atoms with van der Waals surface area (Å²) in [5.74, 6) is 1.13. The number of ether oxygens (including phenoxy) is 3. The van der Waals surface area contributed by atoms with Gasteiger partial charge in [0.25, 0.3) is 0 Å². The maximum atomic E-state index is 6.43. The van der Waals surface area contributed by atoms with Crippen molar-refractivity contribution in [3.05, 3.63) is 57.6 Å². The molecule has 3 rings (SSSR count). The minimum atomic E-state index is 0.311. The van der Waals surface area contributed by atoms with Crippen LogP contribution < -0.4 is 14.8 Å². The molecule has 26 heavy (non-hydrogen) atoms. The normalized spacial score (nSPS) is 16.7. The quantitative estimate of drug-likeness (QED) is 0.693. The van der Waals surface area contributed by atoms with Gasteiger partial charge < -0.3 is 19.5 Å². The summed E-state index contributed by atoms with van der Waals surface area (Å²) in [5.41, 5.74) is 1.93. The molecule has 1 fully saturated rings. The van der Waals surface area contributed by atoms with Crippen LogP contribution in [0.5, 0.6) is 11.5 Å². The SMILES string of the molecule is COc1cc(CNC[C@H]2CCCO2)cc(Cl)c1OCc1ccccc1Cl. The molecule has 0 aromatic heterocycles. The van der Waals surface area contributed by atoms with Crippen molar-refractivity contribution in [2.24, 2.45) is 0 Å². The molecule has 6 heteroatoms. The summed E-state index contributed by atoms with van der Waals surface area (Å²) in [5, 5.41) is 4.59. The Morgan fingerprint density at radius 2 is 2.04 bits per heavy atom. The van der Waals surface area contributed by atoms with Crippen LogP contribution in [0.1, 0.15) is 24.0 Å².